The highest BCUT2D eigenvalue weighted by atomic mass is 16.5. The number of amides is 1. The maximum Gasteiger partial charge on any atom is 0.328 e. The first kappa shape index (κ1) is 25.5. The van der Waals surface area contributed by atoms with Crippen molar-refractivity contribution >= 4 is 17.8 Å². The quantitative estimate of drug-likeness (QED) is 0.611. The van der Waals surface area contributed by atoms with Crippen molar-refractivity contribution in [1.82, 2.24) is 14.8 Å². The van der Waals surface area contributed by atoms with E-state index in [4.69, 9.17) is 14.9 Å². The van der Waals surface area contributed by atoms with Crippen molar-refractivity contribution < 1.29 is 29.3 Å². The lowest BCUT2D eigenvalue weighted by Gasteiger charge is -2.25. The summed E-state index contributed by atoms with van der Waals surface area (Å²) in [4.78, 5) is 40.4. The molecule has 1 amide bonds. The standard InChI is InChI=1S/C20H25N3O2.C4H4O4/c1-15-6-8-16(9-7-15)13-23-14-17(10-12-22(2)3)25-19-18(20(23)24)5-4-11-21-19;5-3(6)1-2-4(7)8/h4-9,11,17H,10,12-14H2,1-3H3;1-2H,(H,5,6)(H,7,8)/b;2-1+. The molecular formula is C24H29N3O6. The third kappa shape index (κ3) is 8.74. The van der Waals surface area contributed by atoms with Gasteiger partial charge in [0.05, 0.1) is 6.54 Å². The lowest BCUT2D eigenvalue weighted by Crippen LogP contribution is -2.37. The van der Waals surface area contributed by atoms with Gasteiger partial charge in [0.1, 0.15) is 11.7 Å². The van der Waals surface area contributed by atoms with Gasteiger partial charge in [0.15, 0.2) is 0 Å². The molecule has 0 spiro atoms. The van der Waals surface area contributed by atoms with Crippen LogP contribution in [0.15, 0.2) is 54.7 Å². The summed E-state index contributed by atoms with van der Waals surface area (Å²) in [6.07, 6.45) is 3.57. The highest BCUT2D eigenvalue weighted by molar-refractivity contribution is 5.96. The van der Waals surface area contributed by atoms with E-state index in [0.717, 1.165) is 18.5 Å². The van der Waals surface area contributed by atoms with Crippen LogP contribution in [-0.2, 0) is 16.1 Å². The number of carbonyl (C=O) groups excluding carboxylic acids is 1. The Morgan fingerprint density at radius 2 is 1.79 bits per heavy atom. The van der Waals surface area contributed by atoms with E-state index in [0.29, 0.717) is 36.7 Å². The third-order valence-corrected chi connectivity index (χ3v) is 4.75. The Hall–Kier alpha value is -3.72. The molecule has 1 aliphatic heterocycles. The number of carboxylic acids is 2. The fraction of sp³-hybridized carbons (Fsp3) is 0.333. The fourth-order valence-corrected chi connectivity index (χ4v) is 3.09. The number of aliphatic carboxylic acids is 2. The van der Waals surface area contributed by atoms with Gasteiger partial charge in [-0.3, -0.25) is 4.79 Å². The highest BCUT2D eigenvalue weighted by Gasteiger charge is 2.29. The van der Waals surface area contributed by atoms with Gasteiger partial charge in [0.25, 0.3) is 5.91 Å². The largest absolute Gasteiger partial charge is 0.478 e. The van der Waals surface area contributed by atoms with Crippen LogP contribution in [0.3, 0.4) is 0 Å². The summed E-state index contributed by atoms with van der Waals surface area (Å²) in [5.74, 6) is -2.08. The van der Waals surface area contributed by atoms with Crippen LogP contribution in [0, 0.1) is 6.92 Å². The number of fused-ring (bicyclic) bond motifs is 1. The zero-order chi connectivity index (χ0) is 24.4. The molecule has 1 unspecified atom stereocenters. The number of ether oxygens (including phenoxy) is 1. The Kier molecular flexibility index (Phi) is 9.56. The van der Waals surface area contributed by atoms with Crippen LogP contribution in [0.1, 0.15) is 27.9 Å². The summed E-state index contributed by atoms with van der Waals surface area (Å²) in [6, 6.07) is 11.9. The molecule has 176 valence electrons. The molecule has 1 aliphatic rings. The number of carbonyl (C=O) groups is 3. The lowest BCUT2D eigenvalue weighted by molar-refractivity contribution is -0.134. The summed E-state index contributed by atoms with van der Waals surface area (Å²) in [5, 5.41) is 15.6. The molecule has 9 nitrogen and oxygen atoms in total. The Morgan fingerprint density at radius 1 is 1.15 bits per heavy atom. The van der Waals surface area contributed by atoms with E-state index in [1.165, 1.54) is 5.56 Å². The predicted octanol–water partition coefficient (Wildman–Crippen LogP) is 2.46. The predicted molar refractivity (Wildman–Crippen MR) is 122 cm³/mol. The number of nitrogens with zero attached hydrogens (tertiary/aromatic N) is 3. The number of carboxylic acid groups (broad SMARTS) is 2. The van der Waals surface area contributed by atoms with Gasteiger partial charge in [0, 0.05) is 31.4 Å². The van der Waals surface area contributed by atoms with Crippen molar-refractivity contribution in [2.24, 2.45) is 0 Å². The summed E-state index contributed by atoms with van der Waals surface area (Å²) >= 11 is 0. The maximum atomic E-state index is 13.0. The van der Waals surface area contributed by atoms with Gasteiger partial charge >= 0.3 is 11.9 Å². The number of pyridine rings is 1. The number of aromatic nitrogens is 1. The first-order chi connectivity index (χ1) is 15.7. The molecule has 0 saturated carbocycles. The number of rotatable bonds is 7. The topological polar surface area (TPSA) is 120 Å². The highest BCUT2D eigenvalue weighted by Crippen LogP contribution is 2.24. The van der Waals surface area contributed by atoms with Gasteiger partial charge in [-0.1, -0.05) is 29.8 Å². The van der Waals surface area contributed by atoms with Crippen molar-refractivity contribution in [2.75, 3.05) is 27.2 Å². The summed E-state index contributed by atoms with van der Waals surface area (Å²) in [5.41, 5.74) is 2.88. The van der Waals surface area contributed by atoms with E-state index in [1.54, 1.807) is 18.3 Å². The van der Waals surface area contributed by atoms with Gasteiger partial charge in [0.2, 0.25) is 5.88 Å². The Balaban J connectivity index is 0.000000414. The Labute approximate surface area is 192 Å². The smallest absolute Gasteiger partial charge is 0.328 e. The molecule has 2 heterocycles. The molecule has 33 heavy (non-hydrogen) atoms. The van der Waals surface area contributed by atoms with E-state index < -0.39 is 11.9 Å². The molecule has 0 aliphatic carbocycles. The fourth-order valence-electron chi connectivity index (χ4n) is 3.09. The SMILES string of the molecule is Cc1ccc(CN2CC(CCN(C)C)Oc3ncccc3C2=O)cc1.O=C(O)/C=C/C(=O)O. The van der Waals surface area contributed by atoms with Crippen molar-refractivity contribution in [1.29, 1.82) is 0 Å². The number of hydrogen-bond acceptors (Lipinski definition) is 6. The van der Waals surface area contributed by atoms with E-state index in [1.807, 2.05) is 19.0 Å². The first-order valence-electron chi connectivity index (χ1n) is 10.4. The minimum absolute atomic E-state index is 0.0176. The van der Waals surface area contributed by atoms with Gasteiger partial charge in [-0.25, -0.2) is 14.6 Å². The van der Waals surface area contributed by atoms with Crippen LogP contribution in [-0.4, -0.2) is 76.1 Å². The second-order valence-electron chi connectivity index (χ2n) is 7.87. The van der Waals surface area contributed by atoms with Crippen molar-refractivity contribution in [3.05, 3.63) is 71.4 Å². The van der Waals surface area contributed by atoms with E-state index >= 15 is 0 Å². The number of hydrogen-bond donors (Lipinski definition) is 2. The summed E-state index contributed by atoms with van der Waals surface area (Å²) < 4.78 is 6.06. The zero-order valence-electron chi connectivity index (χ0n) is 19.0. The Bertz CT molecular complexity index is 972. The zero-order valence-corrected chi connectivity index (χ0v) is 19.0. The summed E-state index contributed by atoms with van der Waals surface area (Å²) in [7, 11) is 4.08. The van der Waals surface area contributed by atoms with E-state index in [-0.39, 0.29) is 12.0 Å². The minimum Gasteiger partial charge on any atom is -0.478 e. The van der Waals surface area contributed by atoms with Gasteiger partial charge in [-0.15, -0.1) is 0 Å². The first-order valence-corrected chi connectivity index (χ1v) is 10.4. The van der Waals surface area contributed by atoms with Crippen molar-refractivity contribution in [3.63, 3.8) is 0 Å². The van der Waals surface area contributed by atoms with Gasteiger partial charge < -0.3 is 24.7 Å². The number of aryl methyl sites for hydroxylation is 1. The molecule has 9 heteroatoms. The van der Waals surface area contributed by atoms with Gasteiger partial charge in [-0.05, 0) is 45.1 Å². The van der Waals surface area contributed by atoms with Crippen LogP contribution < -0.4 is 4.74 Å². The van der Waals surface area contributed by atoms with Crippen molar-refractivity contribution in [3.8, 4) is 5.88 Å². The van der Waals surface area contributed by atoms with Crippen molar-refractivity contribution in [2.45, 2.75) is 26.0 Å². The second-order valence-corrected chi connectivity index (χ2v) is 7.87. The number of benzene rings is 1. The molecule has 1 atom stereocenters. The lowest BCUT2D eigenvalue weighted by atomic mass is 10.1. The molecule has 0 saturated heterocycles. The molecular weight excluding hydrogens is 426 g/mol. The molecule has 0 radical (unpaired) electrons. The summed E-state index contributed by atoms with van der Waals surface area (Å²) in [6.45, 7) is 4.11. The van der Waals surface area contributed by atoms with E-state index in [2.05, 4.69) is 41.1 Å². The van der Waals surface area contributed by atoms with Gasteiger partial charge in [-0.2, -0.15) is 0 Å². The molecule has 0 fully saturated rings. The molecule has 3 rings (SSSR count). The normalized spacial score (nSPS) is 15.3. The monoisotopic (exact) mass is 455 g/mol. The molecule has 2 N–H and O–H groups in total. The van der Waals surface area contributed by atoms with Crippen LogP contribution in [0.5, 0.6) is 5.88 Å². The average Bonchev–Trinajstić information content (AvgIpc) is 2.89. The van der Waals surface area contributed by atoms with Crippen LogP contribution in [0.2, 0.25) is 0 Å². The van der Waals surface area contributed by atoms with Crippen LogP contribution in [0.4, 0.5) is 0 Å². The van der Waals surface area contributed by atoms with E-state index in [9.17, 15) is 14.4 Å². The van der Waals surface area contributed by atoms with Crippen LogP contribution in [0.25, 0.3) is 0 Å². The third-order valence-electron chi connectivity index (χ3n) is 4.75. The Morgan fingerprint density at radius 3 is 2.36 bits per heavy atom. The van der Waals surface area contributed by atoms with Crippen LogP contribution >= 0.6 is 0 Å². The molecule has 1 aromatic heterocycles. The molecule has 2 aromatic rings. The second kappa shape index (κ2) is 12.4. The average molecular weight is 456 g/mol. The molecule has 0 bridgehead atoms. The molecule has 1 aromatic carbocycles. The minimum atomic E-state index is -1.26. The maximum absolute atomic E-state index is 13.0.